The van der Waals surface area contributed by atoms with Crippen LogP contribution < -0.4 is 5.32 Å². The van der Waals surface area contributed by atoms with Crippen molar-refractivity contribution in [3.05, 3.63) is 0 Å². The molecule has 1 aliphatic carbocycles. The summed E-state index contributed by atoms with van der Waals surface area (Å²) in [6.45, 7) is -0.795. The number of nitrogens with one attached hydrogen (secondary N) is 1. The normalized spacial score (nSPS) is 40.0. The molecule has 0 heterocycles. The van der Waals surface area contributed by atoms with E-state index in [4.69, 9.17) is 5.11 Å². The third kappa shape index (κ3) is 3.15. The number of aliphatic hydroxyl groups excluding tert-OH is 5. The molecule has 0 aliphatic heterocycles. The smallest absolute Gasteiger partial charge is 0.396 e. The number of rotatable bonds is 2. The Hall–Kier alpha value is -0.940. The molecule has 1 fully saturated rings. The zero-order valence-electron chi connectivity index (χ0n) is 9.45. The average Bonchev–Trinajstić information content (AvgIpc) is 2.31. The van der Waals surface area contributed by atoms with E-state index in [0.29, 0.717) is 0 Å². The highest BCUT2D eigenvalue weighted by atomic mass is 19.4. The van der Waals surface area contributed by atoms with Crippen molar-refractivity contribution >= 4 is 5.91 Å². The minimum Gasteiger partial charge on any atom is -0.396 e. The SMILES string of the molecule is O=C(NC1[C@@H](O)[C@H](O)C(CO)[C@@H](O)[C@@H]1O)C(F)(F)F. The molecule has 0 unspecified atom stereocenters. The van der Waals surface area contributed by atoms with Crippen molar-refractivity contribution in [3.8, 4) is 0 Å². The molecule has 1 saturated carbocycles. The number of hydrogen-bond acceptors (Lipinski definition) is 6. The van der Waals surface area contributed by atoms with Crippen LogP contribution in [0.5, 0.6) is 0 Å². The monoisotopic (exact) mass is 289 g/mol. The maximum Gasteiger partial charge on any atom is 0.471 e. The first-order valence-corrected chi connectivity index (χ1v) is 5.32. The van der Waals surface area contributed by atoms with Crippen molar-refractivity contribution in [1.82, 2.24) is 5.32 Å². The number of alkyl halides is 3. The number of halogens is 3. The third-order valence-electron chi connectivity index (χ3n) is 3.08. The number of hydrogen-bond donors (Lipinski definition) is 6. The van der Waals surface area contributed by atoms with Crippen LogP contribution in [0.15, 0.2) is 0 Å². The van der Waals surface area contributed by atoms with Crippen molar-refractivity contribution in [3.63, 3.8) is 0 Å². The largest absolute Gasteiger partial charge is 0.471 e. The highest BCUT2D eigenvalue weighted by Gasteiger charge is 2.51. The van der Waals surface area contributed by atoms with Crippen LogP contribution in [0.2, 0.25) is 0 Å². The van der Waals surface area contributed by atoms with Crippen LogP contribution >= 0.6 is 0 Å². The lowest BCUT2D eigenvalue weighted by atomic mass is 9.77. The van der Waals surface area contributed by atoms with E-state index in [9.17, 15) is 38.4 Å². The molecule has 10 heteroatoms. The first-order valence-electron chi connectivity index (χ1n) is 5.32. The second kappa shape index (κ2) is 5.59. The molecule has 4 atom stereocenters. The molecule has 0 aromatic rings. The van der Waals surface area contributed by atoms with Gasteiger partial charge in [0.05, 0.1) is 24.9 Å². The average molecular weight is 289 g/mol. The van der Waals surface area contributed by atoms with Gasteiger partial charge in [-0.2, -0.15) is 13.2 Å². The molecule has 0 spiro atoms. The van der Waals surface area contributed by atoms with Gasteiger partial charge >= 0.3 is 12.1 Å². The fraction of sp³-hybridized carbons (Fsp3) is 0.889. The van der Waals surface area contributed by atoms with Crippen LogP contribution in [0.25, 0.3) is 0 Å². The standard InChI is InChI=1S/C9H14F3NO6/c10-9(11,12)8(19)13-3-6(17)4(15)2(1-14)5(16)7(3)18/h2-7,14-18H,1H2,(H,13,19)/t2?,3?,4-,5-,6-,7-/m1/s1. The molecule has 0 aromatic carbocycles. The summed E-state index contributed by atoms with van der Waals surface area (Å²) in [5.74, 6) is -3.75. The van der Waals surface area contributed by atoms with E-state index in [-0.39, 0.29) is 0 Å². The van der Waals surface area contributed by atoms with E-state index in [1.54, 1.807) is 0 Å². The summed E-state index contributed by atoms with van der Waals surface area (Å²) in [4.78, 5) is 10.7. The maximum atomic E-state index is 12.1. The topological polar surface area (TPSA) is 130 Å². The Morgan fingerprint density at radius 2 is 1.42 bits per heavy atom. The summed E-state index contributed by atoms with van der Waals surface area (Å²) in [5, 5.41) is 48.2. The van der Waals surface area contributed by atoms with E-state index in [1.165, 1.54) is 5.32 Å². The first kappa shape index (κ1) is 16.1. The second-order valence-electron chi connectivity index (χ2n) is 4.31. The predicted molar refractivity (Wildman–Crippen MR) is 52.6 cm³/mol. The number of carbonyl (C=O) groups excluding carboxylic acids is 1. The van der Waals surface area contributed by atoms with E-state index in [1.807, 2.05) is 0 Å². The van der Waals surface area contributed by atoms with E-state index >= 15 is 0 Å². The lowest BCUT2D eigenvalue weighted by Gasteiger charge is -2.43. The molecule has 1 aliphatic rings. The molecular formula is C9H14F3NO6. The molecular weight excluding hydrogens is 275 g/mol. The molecule has 112 valence electrons. The lowest BCUT2D eigenvalue weighted by molar-refractivity contribution is -0.190. The van der Waals surface area contributed by atoms with Crippen LogP contribution in [0, 0.1) is 5.92 Å². The fourth-order valence-electron chi connectivity index (χ4n) is 1.96. The second-order valence-corrected chi connectivity index (χ2v) is 4.31. The number of carbonyl (C=O) groups is 1. The minimum absolute atomic E-state index is 0.795. The fourth-order valence-corrected chi connectivity index (χ4v) is 1.96. The molecule has 7 nitrogen and oxygen atoms in total. The van der Waals surface area contributed by atoms with Crippen LogP contribution in [-0.2, 0) is 4.79 Å². The molecule has 1 amide bonds. The highest BCUT2D eigenvalue weighted by molar-refractivity contribution is 5.82. The van der Waals surface area contributed by atoms with E-state index in [0.717, 1.165) is 0 Å². The highest BCUT2D eigenvalue weighted by Crippen LogP contribution is 2.27. The summed E-state index contributed by atoms with van der Waals surface area (Å²) in [6.07, 6.45) is -12.7. The quantitative estimate of drug-likeness (QED) is 0.323. The maximum absolute atomic E-state index is 12.1. The summed E-state index contributed by atoms with van der Waals surface area (Å²) in [5.41, 5.74) is 0. The molecule has 6 N–H and O–H groups in total. The zero-order valence-corrected chi connectivity index (χ0v) is 9.45. The summed E-state index contributed by atoms with van der Waals surface area (Å²) >= 11 is 0. The van der Waals surface area contributed by atoms with Gasteiger partial charge in [0.2, 0.25) is 0 Å². The predicted octanol–water partition coefficient (Wildman–Crippen LogP) is -2.90. The van der Waals surface area contributed by atoms with Gasteiger partial charge in [0.15, 0.2) is 0 Å². The van der Waals surface area contributed by atoms with Crippen molar-refractivity contribution in [1.29, 1.82) is 0 Å². The van der Waals surface area contributed by atoms with E-state index < -0.39 is 55.1 Å². The van der Waals surface area contributed by atoms with Gasteiger partial charge in [0.1, 0.15) is 12.2 Å². The van der Waals surface area contributed by atoms with Crippen LogP contribution in [0.3, 0.4) is 0 Å². The van der Waals surface area contributed by atoms with Crippen LogP contribution in [0.4, 0.5) is 13.2 Å². The van der Waals surface area contributed by atoms with Gasteiger partial charge in [-0.1, -0.05) is 0 Å². The van der Waals surface area contributed by atoms with Gasteiger partial charge in [-0.15, -0.1) is 0 Å². The van der Waals surface area contributed by atoms with Crippen molar-refractivity contribution in [2.24, 2.45) is 5.92 Å². The first-order chi connectivity index (χ1) is 8.61. The zero-order chi connectivity index (χ0) is 15.0. The van der Waals surface area contributed by atoms with Gasteiger partial charge < -0.3 is 30.8 Å². The van der Waals surface area contributed by atoms with Gasteiger partial charge in [-0.25, -0.2) is 0 Å². The van der Waals surface area contributed by atoms with Crippen molar-refractivity contribution in [2.45, 2.75) is 36.6 Å². The molecule has 0 bridgehead atoms. The lowest BCUT2D eigenvalue weighted by Crippen LogP contribution is -2.67. The van der Waals surface area contributed by atoms with E-state index in [2.05, 4.69) is 0 Å². The van der Waals surface area contributed by atoms with Gasteiger partial charge in [0, 0.05) is 5.92 Å². The number of amides is 1. The van der Waals surface area contributed by atoms with Crippen molar-refractivity contribution in [2.75, 3.05) is 6.61 Å². The van der Waals surface area contributed by atoms with Gasteiger partial charge in [-0.3, -0.25) is 4.79 Å². The Kier molecular flexibility index (Phi) is 4.74. The Bertz CT molecular complexity index is 322. The molecule has 0 aromatic heterocycles. The summed E-state index contributed by atoms with van der Waals surface area (Å²) < 4.78 is 36.2. The third-order valence-corrected chi connectivity index (χ3v) is 3.08. The minimum atomic E-state index is -5.23. The van der Waals surface area contributed by atoms with Crippen LogP contribution in [-0.4, -0.2) is 74.7 Å². The Morgan fingerprint density at radius 3 is 1.74 bits per heavy atom. The van der Waals surface area contributed by atoms with Gasteiger partial charge in [-0.05, 0) is 0 Å². The Labute approximate surface area is 105 Å². The van der Waals surface area contributed by atoms with Crippen LogP contribution in [0.1, 0.15) is 0 Å². The van der Waals surface area contributed by atoms with Crippen molar-refractivity contribution < 1.29 is 43.5 Å². The summed E-state index contributed by atoms with van der Waals surface area (Å²) in [6, 6.07) is -1.90. The Morgan fingerprint density at radius 1 is 1.00 bits per heavy atom. The summed E-state index contributed by atoms with van der Waals surface area (Å²) in [7, 11) is 0. The molecule has 0 saturated heterocycles. The number of aliphatic hydroxyl groups is 5. The van der Waals surface area contributed by atoms with Gasteiger partial charge in [0.25, 0.3) is 0 Å². The molecule has 1 rings (SSSR count). The molecule has 0 radical (unpaired) electrons. The Balaban J connectivity index is 2.87. The molecule has 19 heavy (non-hydrogen) atoms.